The third-order valence-electron chi connectivity index (χ3n) is 4.27. The molecule has 0 fully saturated rings. The third-order valence-corrected chi connectivity index (χ3v) is 4.27. The predicted octanol–water partition coefficient (Wildman–Crippen LogP) is 2.51. The Morgan fingerprint density at radius 1 is 0.667 bits per heavy atom. The molecule has 0 saturated carbocycles. The highest BCUT2D eigenvalue weighted by Crippen LogP contribution is 2.09. The molecule has 0 amide bonds. The lowest BCUT2D eigenvalue weighted by molar-refractivity contribution is -0.678. The number of aryl methyl sites for hydroxylation is 4. The summed E-state index contributed by atoms with van der Waals surface area (Å²) in [7, 11) is 4.21. The molecule has 4 heteroatoms. The Morgan fingerprint density at radius 2 is 1.05 bits per heavy atom. The first-order valence-electron chi connectivity index (χ1n) is 8.31. The van der Waals surface area contributed by atoms with Crippen LogP contribution in [0.1, 0.15) is 56.6 Å². The minimum Gasteiger partial charge on any atom is -0.248 e. The number of aromatic amines is 2. The number of imidazole rings is 2. The maximum Gasteiger partial charge on any atom is 0.253 e. The van der Waals surface area contributed by atoms with Crippen LogP contribution in [0.15, 0.2) is 24.8 Å². The van der Waals surface area contributed by atoms with Crippen LogP contribution < -0.4 is 9.13 Å². The summed E-state index contributed by atoms with van der Waals surface area (Å²) in [5, 5.41) is 0. The van der Waals surface area contributed by atoms with Gasteiger partial charge in [0, 0.05) is 12.8 Å². The number of H-pyrrole nitrogens is 2. The van der Waals surface area contributed by atoms with E-state index in [9.17, 15) is 0 Å². The van der Waals surface area contributed by atoms with E-state index < -0.39 is 0 Å². The second-order valence-electron chi connectivity index (χ2n) is 6.01. The van der Waals surface area contributed by atoms with E-state index in [2.05, 4.69) is 45.6 Å². The van der Waals surface area contributed by atoms with Crippen molar-refractivity contribution in [2.45, 2.75) is 57.8 Å². The summed E-state index contributed by atoms with van der Waals surface area (Å²) >= 11 is 0. The Hall–Kier alpha value is -1.58. The zero-order valence-electron chi connectivity index (χ0n) is 13.6. The monoisotopic (exact) mass is 290 g/mol. The summed E-state index contributed by atoms with van der Waals surface area (Å²) in [6.45, 7) is 0. The topological polar surface area (TPSA) is 39.3 Å². The van der Waals surface area contributed by atoms with Crippen LogP contribution in [0.4, 0.5) is 0 Å². The van der Waals surface area contributed by atoms with Gasteiger partial charge in [0.25, 0.3) is 11.6 Å². The van der Waals surface area contributed by atoms with Crippen molar-refractivity contribution in [3.05, 3.63) is 36.4 Å². The van der Waals surface area contributed by atoms with Crippen molar-refractivity contribution in [2.24, 2.45) is 14.1 Å². The SMILES string of the molecule is C[n+]1cc[nH]c1CCCCCCCCCc1[nH]cc[n+]1C. The second-order valence-corrected chi connectivity index (χ2v) is 6.01. The van der Waals surface area contributed by atoms with Crippen molar-refractivity contribution >= 4 is 0 Å². The van der Waals surface area contributed by atoms with E-state index in [1.165, 1.54) is 69.4 Å². The van der Waals surface area contributed by atoms with Crippen molar-refractivity contribution in [3.63, 3.8) is 0 Å². The van der Waals surface area contributed by atoms with Crippen molar-refractivity contribution in [2.75, 3.05) is 0 Å². The predicted molar refractivity (Wildman–Crippen MR) is 83.7 cm³/mol. The van der Waals surface area contributed by atoms with Gasteiger partial charge in [-0.3, -0.25) is 0 Å². The summed E-state index contributed by atoms with van der Waals surface area (Å²) in [5.74, 6) is 2.68. The van der Waals surface area contributed by atoms with Crippen LogP contribution in [0.5, 0.6) is 0 Å². The maximum atomic E-state index is 3.30. The second kappa shape index (κ2) is 8.65. The van der Waals surface area contributed by atoms with Crippen LogP contribution in [0.25, 0.3) is 0 Å². The number of nitrogens with one attached hydrogen (secondary N) is 2. The van der Waals surface area contributed by atoms with E-state index in [4.69, 9.17) is 0 Å². The summed E-state index contributed by atoms with van der Waals surface area (Å²) in [5.41, 5.74) is 0. The molecule has 0 unspecified atom stereocenters. The highest BCUT2D eigenvalue weighted by molar-refractivity contribution is 4.77. The number of nitrogens with zero attached hydrogens (tertiary/aromatic N) is 2. The molecule has 0 bridgehead atoms. The third kappa shape index (κ3) is 5.37. The standard InChI is InChI=1S/C17H28N4/c1-20-14-12-18-16(20)10-8-6-4-3-5-7-9-11-17-19-13-15-21(17)2/h12-15H,3-11H2,1-2H3/p+2. The molecule has 2 heterocycles. The van der Waals surface area contributed by atoms with Crippen LogP contribution in [0, 0.1) is 0 Å². The fourth-order valence-electron chi connectivity index (χ4n) is 2.84. The van der Waals surface area contributed by atoms with Crippen LogP contribution >= 0.6 is 0 Å². The Bertz CT molecular complexity index is 466. The van der Waals surface area contributed by atoms with E-state index in [1.54, 1.807) is 0 Å². The zero-order chi connectivity index (χ0) is 14.9. The number of hydrogen-bond donors (Lipinski definition) is 2. The van der Waals surface area contributed by atoms with Gasteiger partial charge in [-0.2, -0.15) is 0 Å². The van der Waals surface area contributed by atoms with Crippen LogP contribution in [0.2, 0.25) is 0 Å². The number of hydrogen-bond acceptors (Lipinski definition) is 0. The summed E-state index contributed by atoms with van der Waals surface area (Å²) in [4.78, 5) is 6.60. The number of rotatable bonds is 10. The number of aromatic nitrogens is 4. The highest BCUT2D eigenvalue weighted by atomic mass is 15.0. The molecule has 4 nitrogen and oxygen atoms in total. The van der Waals surface area contributed by atoms with Crippen molar-refractivity contribution in [1.29, 1.82) is 0 Å². The molecule has 0 aromatic carbocycles. The lowest BCUT2D eigenvalue weighted by Crippen LogP contribution is -2.30. The Labute approximate surface area is 128 Å². The number of unbranched alkanes of at least 4 members (excludes halogenated alkanes) is 6. The van der Waals surface area contributed by atoms with Gasteiger partial charge in [-0.25, -0.2) is 19.1 Å². The molecule has 0 atom stereocenters. The fraction of sp³-hybridized carbons (Fsp3) is 0.647. The minimum atomic E-state index is 1.17. The average molecular weight is 290 g/mol. The van der Waals surface area contributed by atoms with E-state index in [1.807, 2.05) is 12.4 Å². The largest absolute Gasteiger partial charge is 0.253 e. The molecule has 0 radical (unpaired) electrons. The van der Waals surface area contributed by atoms with Gasteiger partial charge in [-0.05, 0) is 12.8 Å². The molecule has 0 aliphatic heterocycles. The minimum absolute atomic E-state index is 1.17. The maximum absolute atomic E-state index is 3.30. The molecule has 0 spiro atoms. The first-order chi connectivity index (χ1) is 10.3. The van der Waals surface area contributed by atoms with E-state index >= 15 is 0 Å². The van der Waals surface area contributed by atoms with Crippen LogP contribution in [-0.4, -0.2) is 9.97 Å². The molecule has 2 aromatic heterocycles. The normalized spacial score (nSPS) is 11.1. The van der Waals surface area contributed by atoms with E-state index in [0.717, 1.165) is 0 Å². The van der Waals surface area contributed by atoms with Gasteiger partial charge in [-0.15, -0.1) is 0 Å². The molecule has 116 valence electrons. The van der Waals surface area contributed by atoms with Crippen molar-refractivity contribution in [1.82, 2.24) is 9.97 Å². The molecule has 0 aliphatic rings. The van der Waals surface area contributed by atoms with Gasteiger partial charge in [0.2, 0.25) is 0 Å². The first-order valence-corrected chi connectivity index (χ1v) is 8.31. The first kappa shape index (κ1) is 15.8. The van der Waals surface area contributed by atoms with Gasteiger partial charge >= 0.3 is 0 Å². The van der Waals surface area contributed by atoms with Gasteiger partial charge in [0.05, 0.1) is 14.1 Å². The molecule has 2 aromatic rings. The van der Waals surface area contributed by atoms with E-state index in [0.29, 0.717) is 0 Å². The lowest BCUT2D eigenvalue weighted by atomic mass is 10.1. The van der Waals surface area contributed by atoms with Gasteiger partial charge in [0.15, 0.2) is 0 Å². The zero-order valence-corrected chi connectivity index (χ0v) is 13.6. The Balaban J connectivity index is 1.42. The molecule has 0 aliphatic carbocycles. The fourth-order valence-corrected chi connectivity index (χ4v) is 2.84. The Kier molecular flexibility index (Phi) is 6.51. The molecular weight excluding hydrogens is 260 g/mol. The van der Waals surface area contributed by atoms with Gasteiger partial charge in [0.1, 0.15) is 24.8 Å². The molecule has 2 N–H and O–H groups in total. The summed E-state index contributed by atoms with van der Waals surface area (Å²) in [6.07, 6.45) is 20.0. The lowest BCUT2D eigenvalue weighted by Gasteiger charge is -2.01. The quantitative estimate of drug-likeness (QED) is 0.498. The van der Waals surface area contributed by atoms with Crippen LogP contribution in [0.3, 0.4) is 0 Å². The Morgan fingerprint density at radius 3 is 1.38 bits per heavy atom. The average Bonchev–Trinajstić information content (AvgIpc) is 3.06. The van der Waals surface area contributed by atoms with Crippen molar-refractivity contribution < 1.29 is 9.13 Å². The van der Waals surface area contributed by atoms with Crippen LogP contribution in [-0.2, 0) is 26.9 Å². The smallest absolute Gasteiger partial charge is 0.248 e. The molecule has 2 rings (SSSR count). The van der Waals surface area contributed by atoms with Gasteiger partial charge in [-0.1, -0.05) is 32.1 Å². The molecule has 21 heavy (non-hydrogen) atoms. The molecule has 0 saturated heterocycles. The van der Waals surface area contributed by atoms with Crippen molar-refractivity contribution in [3.8, 4) is 0 Å². The highest BCUT2D eigenvalue weighted by Gasteiger charge is 2.06. The summed E-state index contributed by atoms with van der Waals surface area (Å²) < 4.78 is 4.36. The molecular formula is C17H30N4+2. The summed E-state index contributed by atoms with van der Waals surface area (Å²) in [6, 6.07) is 0. The van der Waals surface area contributed by atoms with E-state index in [-0.39, 0.29) is 0 Å². The van der Waals surface area contributed by atoms with Gasteiger partial charge < -0.3 is 0 Å².